The van der Waals surface area contributed by atoms with E-state index in [9.17, 15) is 14.7 Å². The van der Waals surface area contributed by atoms with Crippen molar-refractivity contribution in [3.8, 4) is 11.5 Å². The summed E-state index contributed by atoms with van der Waals surface area (Å²) in [6.45, 7) is 7.10. The molecule has 0 saturated heterocycles. The highest BCUT2D eigenvalue weighted by Crippen LogP contribution is 2.30. The lowest BCUT2D eigenvalue weighted by atomic mass is 9.92. The van der Waals surface area contributed by atoms with Crippen molar-refractivity contribution in [3.05, 3.63) is 70.0 Å². The third-order valence-corrected chi connectivity index (χ3v) is 4.92. The molecule has 3 rings (SSSR count). The van der Waals surface area contributed by atoms with Crippen LogP contribution >= 0.6 is 15.9 Å². The number of aromatic nitrogens is 2. The molecule has 0 saturated carbocycles. The van der Waals surface area contributed by atoms with E-state index in [1.807, 2.05) is 30.3 Å². The van der Waals surface area contributed by atoms with Gasteiger partial charge in [0.25, 0.3) is 0 Å². The molecule has 168 valence electrons. The Morgan fingerprint density at radius 2 is 1.78 bits per heavy atom. The molecule has 1 aromatic heterocycles. The Balaban J connectivity index is 1.98. The number of alkyl carbamates (subject to hydrolysis) is 1. The lowest BCUT2D eigenvalue weighted by Gasteiger charge is -2.29. The SMILES string of the molecule is CC(C)(C)OC(=O)N[C@](C)(Cc1ccccc1)c1nnc(-c2cc(Br)cc(C(=O)O)c2)o1. The number of rotatable bonds is 6. The van der Waals surface area contributed by atoms with Gasteiger partial charge in [0.2, 0.25) is 11.8 Å². The molecule has 3 aromatic rings. The number of carboxylic acids is 1. The Bertz CT molecular complexity index is 1120. The average Bonchev–Trinajstić information content (AvgIpc) is 3.17. The van der Waals surface area contributed by atoms with E-state index in [1.54, 1.807) is 33.8 Å². The number of carboxylic acid groups (broad SMARTS) is 1. The van der Waals surface area contributed by atoms with Crippen molar-refractivity contribution in [3.63, 3.8) is 0 Å². The van der Waals surface area contributed by atoms with E-state index in [1.165, 1.54) is 12.1 Å². The molecule has 0 aliphatic rings. The van der Waals surface area contributed by atoms with Crippen LogP contribution in [0.25, 0.3) is 11.5 Å². The molecule has 1 amide bonds. The molecule has 32 heavy (non-hydrogen) atoms. The van der Waals surface area contributed by atoms with E-state index in [0.29, 0.717) is 16.5 Å². The van der Waals surface area contributed by atoms with Crippen molar-refractivity contribution >= 4 is 28.0 Å². The van der Waals surface area contributed by atoms with Gasteiger partial charge in [-0.1, -0.05) is 46.3 Å². The van der Waals surface area contributed by atoms with Gasteiger partial charge in [-0.2, -0.15) is 0 Å². The number of carbonyl (C=O) groups is 2. The first-order valence-electron chi connectivity index (χ1n) is 9.88. The molecule has 0 aliphatic carbocycles. The van der Waals surface area contributed by atoms with Crippen LogP contribution in [0, 0.1) is 0 Å². The van der Waals surface area contributed by atoms with Crippen LogP contribution in [0.5, 0.6) is 0 Å². The smallest absolute Gasteiger partial charge is 0.408 e. The maximum Gasteiger partial charge on any atom is 0.408 e. The number of halogens is 1. The molecule has 0 bridgehead atoms. The summed E-state index contributed by atoms with van der Waals surface area (Å²) < 4.78 is 11.9. The molecule has 1 atom stereocenters. The van der Waals surface area contributed by atoms with Crippen molar-refractivity contribution in [2.45, 2.75) is 45.3 Å². The first-order valence-corrected chi connectivity index (χ1v) is 10.7. The van der Waals surface area contributed by atoms with Gasteiger partial charge >= 0.3 is 12.1 Å². The lowest BCUT2D eigenvalue weighted by Crippen LogP contribution is -2.47. The molecule has 0 fully saturated rings. The Hall–Kier alpha value is -3.20. The van der Waals surface area contributed by atoms with Crippen molar-refractivity contribution in [2.75, 3.05) is 0 Å². The van der Waals surface area contributed by atoms with Gasteiger partial charge in [-0.15, -0.1) is 10.2 Å². The topological polar surface area (TPSA) is 115 Å². The lowest BCUT2D eigenvalue weighted by molar-refractivity contribution is 0.0443. The van der Waals surface area contributed by atoms with Crippen molar-refractivity contribution in [2.24, 2.45) is 0 Å². The number of benzene rings is 2. The molecule has 0 aliphatic heterocycles. The summed E-state index contributed by atoms with van der Waals surface area (Å²) in [5.74, 6) is -0.777. The summed E-state index contributed by atoms with van der Waals surface area (Å²) in [5.41, 5.74) is -0.290. The van der Waals surface area contributed by atoms with Crippen LogP contribution in [0.1, 0.15) is 49.5 Å². The first kappa shape index (κ1) is 23.5. The van der Waals surface area contributed by atoms with Gasteiger partial charge in [0.15, 0.2) is 0 Å². The molecule has 9 heteroatoms. The number of hydrogen-bond donors (Lipinski definition) is 2. The maximum absolute atomic E-state index is 12.6. The number of carbonyl (C=O) groups excluding carboxylic acids is 1. The third-order valence-electron chi connectivity index (χ3n) is 4.47. The van der Waals surface area contributed by atoms with E-state index in [0.717, 1.165) is 5.56 Å². The number of nitrogens with zero attached hydrogens (tertiary/aromatic N) is 2. The molecule has 0 unspecified atom stereocenters. The van der Waals surface area contributed by atoms with Crippen LogP contribution in [0.15, 0.2) is 57.4 Å². The van der Waals surface area contributed by atoms with Crippen LogP contribution in [0.2, 0.25) is 0 Å². The fourth-order valence-corrected chi connectivity index (χ4v) is 3.60. The number of nitrogens with one attached hydrogen (secondary N) is 1. The monoisotopic (exact) mass is 501 g/mol. The summed E-state index contributed by atoms with van der Waals surface area (Å²) >= 11 is 3.30. The minimum Gasteiger partial charge on any atom is -0.478 e. The van der Waals surface area contributed by atoms with Crippen LogP contribution in [0.4, 0.5) is 4.79 Å². The van der Waals surface area contributed by atoms with Gasteiger partial charge in [-0.3, -0.25) is 0 Å². The van der Waals surface area contributed by atoms with Crippen LogP contribution < -0.4 is 5.32 Å². The van der Waals surface area contributed by atoms with Gasteiger partial charge in [0, 0.05) is 16.5 Å². The summed E-state index contributed by atoms with van der Waals surface area (Å²) in [5, 5.41) is 20.4. The first-order chi connectivity index (χ1) is 14.9. The van der Waals surface area contributed by atoms with Gasteiger partial charge in [0.05, 0.1) is 5.56 Å². The second kappa shape index (κ2) is 9.12. The molecule has 2 N–H and O–H groups in total. The average molecular weight is 502 g/mol. The standard InChI is InChI=1S/C23H24BrN3O5/c1-22(2,3)32-21(30)25-23(4,13-14-8-6-5-7-9-14)20-27-26-18(31-20)15-10-16(19(28)29)12-17(24)11-15/h5-12H,13H2,1-4H3,(H,25,30)(H,28,29)/t23-/m1/s1. The molecular weight excluding hydrogens is 478 g/mol. The van der Waals surface area contributed by atoms with Crippen molar-refractivity contribution in [1.29, 1.82) is 0 Å². The predicted molar refractivity (Wildman–Crippen MR) is 121 cm³/mol. The van der Waals surface area contributed by atoms with Gasteiger partial charge in [-0.25, -0.2) is 9.59 Å². The van der Waals surface area contributed by atoms with E-state index in [-0.39, 0.29) is 17.3 Å². The predicted octanol–water partition coefficient (Wildman–Crippen LogP) is 5.18. The minimum absolute atomic E-state index is 0.0769. The highest BCUT2D eigenvalue weighted by atomic mass is 79.9. The number of hydrogen-bond acceptors (Lipinski definition) is 6. The Labute approximate surface area is 194 Å². The fraction of sp³-hybridized carbons (Fsp3) is 0.304. The van der Waals surface area contributed by atoms with E-state index >= 15 is 0 Å². The Kier molecular flexibility index (Phi) is 6.68. The molecular formula is C23H24BrN3O5. The summed E-state index contributed by atoms with van der Waals surface area (Å²) in [4.78, 5) is 24.0. The zero-order valence-corrected chi connectivity index (χ0v) is 19.8. The van der Waals surface area contributed by atoms with Gasteiger partial charge in [0.1, 0.15) is 11.1 Å². The molecule has 0 radical (unpaired) electrons. The Morgan fingerprint density at radius 3 is 2.41 bits per heavy atom. The van der Waals surface area contributed by atoms with E-state index < -0.39 is 23.2 Å². The maximum atomic E-state index is 12.6. The van der Waals surface area contributed by atoms with Crippen molar-refractivity contribution < 1.29 is 23.8 Å². The summed E-state index contributed by atoms with van der Waals surface area (Å²) in [6.07, 6.45) is -0.251. The quantitative estimate of drug-likeness (QED) is 0.477. The van der Waals surface area contributed by atoms with Crippen LogP contribution in [0.3, 0.4) is 0 Å². The highest BCUT2D eigenvalue weighted by Gasteiger charge is 2.36. The van der Waals surface area contributed by atoms with Crippen LogP contribution in [-0.2, 0) is 16.7 Å². The second-order valence-corrected chi connectivity index (χ2v) is 9.48. The summed E-state index contributed by atoms with van der Waals surface area (Å²) in [6, 6.07) is 14.2. The molecule has 2 aromatic carbocycles. The number of ether oxygens (including phenoxy) is 1. The number of amides is 1. The zero-order chi connectivity index (χ0) is 23.5. The van der Waals surface area contributed by atoms with Gasteiger partial charge < -0.3 is 19.6 Å². The van der Waals surface area contributed by atoms with E-state index in [4.69, 9.17) is 9.15 Å². The second-order valence-electron chi connectivity index (χ2n) is 8.57. The minimum atomic E-state index is -1.08. The normalized spacial score (nSPS) is 13.3. The molecule has 8 nitrogen and oxygen atoms in total. The Morgan fingerprint density at radius 1 is 1.09 bits per heavy atom. The van der Waals surface area contributed by atoms with Gasteiger partial charge in [-0.05, 0) is 51.5 Å². The zero-order valence-electron chi connectivity index (χ0n) is 18.2. The molecule has 0 spiro atoms. The highest BCUT2D eigenvalue weighted by molar-refractivity contribution is 9.10. The van der Waals surface area contributed by atoms with E-state index in [2.05, 4.69) is 31.4 Å². The fourth-order valence-electron chi connectivity index (χ4n) is 3.11. The molecule has 1 heterocycles. The van der Waals surface area contributed by atoms with Crippen molar-refractivity contribution in [1.82, 2.24) is 15.5 Å². The van der Waals surface area contributed by atoms with Crippen LogP contribution in [-0.4, -0.2) is 33.0 Å². The largest absolute Gasteiger partial charge is 0.478 e. The summed E-state index contributed by atoms with van der Waals surface area (Å²) in [7, 11) is 0. The third kappa shape index (κ3) is 5.94. The number of aromatic carboxylic acids is 1.